The summed E-state index contributed by atoms with van der Waals surface area (Å²) >= 11 is 1.94. The van der Waals surface area contributed by atoms with Gasteiger partial charge in [0.1, 0.15) is 7.05 Å². The number of hydrogen-bond donors (Lipinski definition) is 0. The predicted molar refractivity (Wildman–Crippen MR) is 132 cm³/mol. The molecule has 0 saturated carbocycles. The first kappa shape index (κ1) is 19.3. The van der Waals surface area contributed by atoms with Crippen LogP contribution < -0.4 is 4.57 Å². The van der Waals surface area contributed by atoms with Gasteiger partial charge in [-0.3, -0.25) is 0 Å². The molecule has 0 N–H and O–H groups in total. The summed E-state index contributed by atoms with van der Waals surface area (Å²) in [7, 11) is 2.19. The lowest BCUT2D eigenvalue weighted by Gasteiger charge is -2.18. The van der Waals surface area contributed by atoms with Crippen molar-refractivity contribution in [3.05, 3.63) is 77.4 Å². The topological polar surface area (TPSA) is 3.88 Å². The Morgan fingerprint density at radius 3 is 2.37 bits per heavy atom. The molecule has 0 atom stereocenters. The summed E-state index contributed by atoms with van der Waals surface area (Å²) in [4.78, 5) is 0. The zero-order valence-corrected chi connectivity index (χ0v) is 19.4. The maximum Gasteiger partial charge on any atom is 0.214 e. The van der Waals surface area contributed by atoms with E-state index in [2.05, 4.69) is 107 Å². The Labute approximate surface area is 182 Å². The van der Waals surface area contributed by atoms with Crippen molar-refractivity contribution < 1.29 is 4.57 Å². The van der Waals surface area contributed by atoms with Gasteiger partial charge in [-0.05, 0) is 60.2 Å². The summed E-state index contributed by atoms with van der Waals surface area (Å²) < 4.78 is 5.12. The van der Waals surface area contributed by atoms with E-state index in [-0.39, 0.29) is 5.41 Å². The van der Waals surface area contributed by atoms with Crippen molar-refractivity contribution >= 4 is 42.4 Å². The minimum atomic E-state index is 0.157. The van der Waals surface area contributed by atoms with Gasteiger partial charge < -0.3 is 0 Å². The number of benzene rings is 3. The quantitative estimate of drug-likeness (QED) is 0.250. The Morgan fingerprint density at radius 1 is 0.833 bits per heavy atom. The van der Waals surface area contributed by atoms with Crippen LogP contribution in [-0.2, 0) is 12.5 Å². The van der Waals surface area contributed by atoms with Gasteiger partial charge in [-0.25, -0.2) is 0 Å². The molecular weight excluding hydrogens is 382 g/mol. The summed E-state index contributed by atoms with van der Waals surface area (Å²) in [5.41, 5.74) is 8.19. The maximum atomic E-state index is 2.40. The van der Waals surface area contributed by atoms with Crippen LogP contribution in [0.15, 0.2) is 60.7 Å². The van der Waals surface area contributed by atoms with Gasteiger partial charge in [0.25, 0.3) is 0 Å². The minimum absolute atomic E-state index is 0.157. The van der Waals surface area contributed by atoms with Crippen LogP contribution in [0.25, 0.3) is 42.3 Å². The van der Waals surface area contributed by atoms with E-state index >= 15 is 0 Å². The highest BCUT2D eigenvalue weighted by molar-refractivity contribution is 7.26. The number of hydrogen-bond acceptors (Lipinski definition) is 1. The van der Waals surface area contributed by atoms with Gasteiger partial charge in [0.2, 0.25) is 11.2 Å². The smallest absolute Gasteiger partial charge is 0.194 e. The molecule has 0 unspecified atom stereocenters. The molecule has 0 aliphatic rings. The molecule has 2 aromatic heterocycles. The lowest BCUT2D eigenvalue weighted by atomic mass is 9.86. The van der Waals surface area contributed by atoms with Crippen molar-refractivity contribution in [2.75, 3.05) is 0 Å². The first-order valence-corrected chi connectivity index (χ1v) is 11.4. The number of aryl methyl sites for hydroxylation is 2. The summed E-state index contributed by atoms with van der Waals surface area (Å²) in [6.07, 6.45) is 0. The van der Waals surface area contributed by atoms with Gasteiger partial charge in [0.15, 0.2) is 0 Å². The van der Waals surface area contributed by atoms with E-state index in [9.17, 15) is 0 Å². The molecule has 0 amide bonds. The third-order valence-corrected chi connectivity index (χ3v) is 7.67. The molecule has 0 fully saturated rings. The molecule has 2 heteroatoms. The Bertz CT molecular complexity index is 1450. The third kappa shape index (κ3) is 2.86. The van der Waals surface area contributed by atoms with Crippen molar-refractivity contribution in [1.29, 1.82) is 0 Å². The highest BCUT2D eigenvalue weighted by Crippen LogP contribution is 2.43. The van der Waals surface area contributed by atoms with Crippen molar-refractivity contribution in [1.82, 2.24) is 0 Å². The third-order valence-electron chi connectivity index (χ3n) is 6.49. The van der Waals surface area contributed by atoms with E-state index < -0.39 is 0 Å². The van der Waals surface area contributed by atoms with Crippen molar-refractivity contribution in [2.24, 2.45) is 7.05 Å². The largest absolute Gasteiger partial charge is 0.214 e. The van der Waals surface area contributed by atoms with E-state index in [0.717, 1.165) is 0 Å². The van der Waals surface area contributed by atoms with Crippen LogP contribution in [0.3, 0.4) is 0 Å². The molecule has 150 valence electrons. The van der Waals surface area contributed by atoms with Gasteiger partial charge in [-0.2, -0.15) is 4.57 Å². The van der Waals surface area contributed by atoms with Crippen LogP contribution in [0.1, 0.15) is 37.5 Å². The molecule has 30 heavy (non-hydrogen) atoms. The number of thiophene rings is 1. The average molecular weight is 411 g/mol. The van der Waals surface area contributed by atoms with E-state index in [1.807, 2.05) is 11.3 Å². The van der Waals surface area contributed by atoms with Crippen molar-refractivity contribution in [3.63, 3.8) is 0 Å². The lowest BCUT2D eigenvalue weighted by Crippen LogP contribution is -2.32. The highest BCUT2D eigenvalue weighted by Gasteiger charge is 2.23. The molecule has 1 nitrogen and oxygen atoms in total. The Balaban J connectivity index is 1.88. The van der Waals surface area contributed by atoms with Crippen LogP contribution in [0.4, 0.5) is 0 Å². The number of pyridine rings is 1. The Kier molecular flexibility index (Phi) is 4.27. The average Bonchev–Trinajstić information content (AvgIpc) is 3.07. The standard InChI is InChI=1S/C28H28NS/c1-17-15-22-21-13-12-20(28(3,4)5)16-25(21)30-27(22)26(18(17)2)24-14-11-19-9-7-8-10-23(19)29(24)6/h7-16H,1-6H3/q+1. The molecular formula is C28H28NS+. The van der Waals surface area contributed by atoms with Gasteiger partial charge in [-0.15, -0.1) is 11.3 Å². The van der Waals surface area contributed by atoms with Gasteiger partial charge in [0.05, 0.1) is 5.56 Å². The highest BCUT2D eigenvalue weighted by atomic mass is 32.1. The number of fused-ring (bicyclic) bond motifs is 4. The second kappa shape index (κ2) is 6.65. The van der Waals surface area contributed by atoms with Crippen LogP contribution in [0.5, 0.6) is 0 Å². The summed E-state index contributed by atoms with van der Waals surface area (Å²) in [5.74, 6) is 0. The molecule has 5 rings (SSSR count). The minimum Gasteiger partial charge on any atom is -0.194 e. The van der Waals surface area contributed by atoms with Gasteiger partial charge in [0, 0.05) is 37.7 Å². The molecule has 2 heterocycles. The second-order valence-corrected chi connectivity index (χ2v) is 10.5. The SMILES string of the molecule is Cc1cc2c(sc3cc(C(C)(C)C)ccc32)c(-c2ccc3ccccc3[n+]2C)c1C. The first-order valence-electron chi connectivity index (χ1n) is 10.6. The maximum absolute atomic E-state index is 2.40. The normalized spacial score (nSPS) is 12.3. The molecule has 0 saturated heterocycles. The fourth-order valence-electron chi connectivity index (χ4n) is 4.51. The molecule has 0 aliphatic carbocycles. The number of aromatic nitrogens is 1. The van der Waals surface area contributed by atoms with Gasteiger partial charge >= 0.3 is 0 Å². The molecule has 0 spiro atoms. The van der Waals surface area contributed by atoms with Crippen LogP contribution in [0, 0.1) is 13.8 Å². The van der Waals surface area contributed by atoms with E-state index in [4.69, 9.17) is 0 Å². The van der Waals surface area contributed by atoms with E-state index in [1.165, 1.54) is 59.0 Å². The fraction of sp³-hybridized carbons (Fsp3) is 0.250. The van der Waals surface area contributed by atoms with Crippen molar-refractivity contribution in [2.45, 2.75) is 40.0 Å². The summed E-state index contributed by atoms with van der Waals surface area (Å²) in [5, 5.41) is 4.02. The second-order valence-electron chi connectivity index (χ2n) is 9.47. The Morgan fingerprint density at radius 2 is 1.60 bits per heavy atom. The van der Waals surface area contributed by atoms with Crippen molar-refractivity contribution in [3.8, 4) is 11.3 Å². The number of nitrogens with zero attached hydrogens (tertiary/aromatic N) is 1. The van der Waals surface area contributed by atoms with E-state index in [1.54, 1.807) is 0 Å². The zero-order chi connectivity index (χ0) is 21.2. The molecule has 5 aromatic rings. The van der Waals surface area contributed by atoms with Crippen LogP contribution in [-0.4, -0.2) is 0 Å². The Hall–Kier alpha value is -2.71. The molecule has 0 radical (unpaired) electrons. The van der Waals surface area contributed by atoms with E-state index in [0.29, 0.717) is 0 Å². The van der Waals surface area contributed by atoms with Crippen LogP contribution in [0.2, 0.25) is 0 Å². The monoisotopic (exact) mass is 410 g/mol. The summed E-state index contributed by atoms with van der Waals surface area (Å²) in [6, 6.07) is 22.6. The molecule has 3 aromatic carbocycles. The van der Waals surface area contributed by atoms with Gasteiger partial charge in [-0.1, -0.05) is 45.0 Å². The zero-order valence-electron chi connectivity index (χ0n) is 18.6. The summed E-state index contributed by atoms with van der Waals surface area (Å²) in [6.45, 7) is 11.4. The lowest BCUT2D eigenvalue weighted by molar-refractivity contribution is -0.633. The predicted octanol–water partition coefficient (Wildman–Crippen LogP) is 7.61. The first-order chi connectivity index (χ1) is 14.3. The number of rotatable bonds is 1. The molecule has 0 bridgehead atoms. The van der Waals surface area contributed by atoms with Crippen LogP contribution >= 0.6 is 11.3 Å². The fourth-order valence-corrected chi connectivity index (χ4v) is 5.84. The number of para-hydroxylation sites is 1. The molecule has 0 aliphatic heterocycles.